The topological polar surface area (TPSA) is 48.4 Å². The quantitative estimate of drug-likeness (QED) is 0.920. The van der Waals surface area contributed by atoms with Crippen molar-refractivity contribution in [3.8, 4) is 17.1 Å². The van der Waals surface area contributed by atoms with Crippen molar-refractivity contribution in [2.24, 2.45) is 5.73 Å². The van der Waals surface area contributed by atoms with E-state index < -0.39 is 0 Å². The predicted molar refractivity (Wildman–Crippen MR) is 73.2 cm³/mol. The van der Waals surface area contributed by atoms with Crippen LogP contribution in [-0.4, -0.2) is 6.61 Å². The van der Waals surface area contributed by atoms with E-state index in [4.69, 9.17) is 38.1 Å². The number of furan rings is 1. The Morgan fingerprint density at radius 2 is 2.00 bits per heavy atom. The Labute approximate surface area is 115 Å². The average molecular weight is 286 g/mol. The zero-order valence-electron chi connectivity index (χ0n) is 9.87. The molecule has 96 valence electrons. The maximum atomic E-state index is 6.19. The lowest BCUT2D eigenvalue weighted by molar-refractivity contribution is 0.340. The van der Waals surface area contributed by atoms with Crippen LogP contribution in [0.2, 0.25) is 10.0 Å². The molecule has 0 atom stereocenters. The lowest BCUT2D eigenvalue weighted by Gasteiger charge is -2.08. The fraction of sp³-hybridized carbons (Fsp3) is 0.231. The van der Waals surface area contributed by atoms with Crippen LogP contribution in [0.5, 0.6) is 5.75 Å². The van der Waals surface area contributed by atoms with Gasteiger partial charge in [-0.15, -0.1) is 0 Å². The van der Waals surface area contributed by atoms with Crippen molar-refractivity contribution in [2.75, 3.05) is 6.61 Å². The van der Waals surface area contributed by atoms with Crippen molar-refractivity contribution in [2.45, 2.75) is 13.5 Å². The third kappa shape index (κ3) is 2.64. The summed E-state index contributed by atoms with van der Waals surface area (Å²) in [5.41, 5.74) is 6.23. The molecule has 0 radical (unpaired) electrons. The highest BCUT2D eigenvalue weighted by molar-refractivity contribution is 6.36. The van der Waals surface area contributed by atoms with Gasteiger partial charge in [-0.2, -0.15) is 0 Å². The maximum Gasteiger partial charge on any atom is 0.139 e. The van der Waals surface area contributed by atoms with E-state index in [1.54, 1.807) is 12.1 Å². The smallest absolute Gasteiger partial charge is 0.139 e. The zero-order valence-corrected chi connectivity index (χ0v) is 11.4. The Morgan fingerprint density at radius 1 is 1.22 bits per heavy atom. The molecule has 0 bridgehead atoms. The van der Waals surface area contributed by atoms with E-state index in [0.29, 0.717) is 40.5 Å². The average Bonchev–Trinajstić information content (AvgIpc) is 2.82. The summed E-state index contributed by atoms with van der Waals surface area (Å²) in [5, 5.41) is 1.03. The van der Waals surface area contributed by atoms with E-state index in [1.165, 1.54) is 0 Å². The second-order valence-corrected chi connectivity index (χ2v) is 4.48. The number of benzene rings is 1. The van der Waals surface area contributed by atoms with Crippen LogP contribution in [0.15, 0.2) is 28.7 Å². The van der Waals surface area contributed by atoms with Gasteiger partial charge in [-0.1, -0.05) is 23.2 Å². The third-order valence-electron chi connectivity index (χ3n) is 2.45. The molecule has 0 aliphatic rings. The summed E-state index contributed by atoms with van der Waals surface area (Å²) in [6, 6.07) is 7.05. The van der Waals surface area contributed by atoms with Crippen molar-refractivity contribution in [3.05, 3.63) is 40.1 Å². The largest absolute Gasteiger partial charge is 0.492 e. The Balaban J connectivity index is 2.42. The van der Waals surface area contributed by atoms with E-state index in [0.717, 1.165) is 5.56 Å². The Kier molecular flexibility index (Phi) is 4.17. The van der Waals surface area contributed by atoms with Gasteiger partial charge < -0.3 is 14.9 Å². The molecule has 0 spiro atoms. The summed E-state index contributed by atoms with van der Waals surface area (Å²) in [4.78, 5) is 0. The van der Waals surface area contributed by atoms with Crippen molar-refractivity contribution in [1.82, 2.24) is 0 Å². The van der Waals surface area contributed by atoms with Crippen LogP contribution in [0.25, 0.3) is 11.3 Å². The summed E-state index contributed by atoms with van der Waals surface area (Å²) in [6.45, 7) is 2.77. The Bertz CT molecular complexity index is 552. The molecule has 0 fully saturated rings. The summed E-state index contributed by atoms with van der Waals surface area (Å²) in [6.07, 6.45) is 0. The molecule has 1 aromatic heterocycles. The van der Waals surface area contributed by atoms with Crippen LogP contribution < -0.4 is 10.5 Å². The van der Waals surface area contributed by atoms with Gasteiger partial charge in [-0.05, 0) is 25.1 Å². The first-order valence-corrected chi connectivity index (χ1v) is 6.32. The molecule has 1 aromatic carbocycles. The van der Waals surface area contributed by atoms with Crippen LogP contribution in [0.4, 0.5) is 0 Å². The fourth-order valence-electron chi connectivity index (χ4n) is 1.62. The third-order valence-corrected chi connectivity index (χ3v) is 3.06. The highest BCUT2D eigenvalue weighted by Gasteiger charge is 2.12. The maximum absolute atomic E-state index is 6.19. The Morgan fingerprint density at radius 3 is 2.61 bits per heavy atom. The van der Waals surface area contributed by atoms with Gasteiger partial charge in [0.2, 0.25) is 0 Å². The van der Waals surface area contributed by atoms with Crippen molar-refractivity contribution in [1.29, 1.82) is 0 Å². The first kappa shape index (κ1) is 13.3. The molecule has 2 aromatic rings. The van der Waals surface area contributed by atoms with Crippen molar-refractivity contribution < 1.29 is 9.15 Å². The molecule has 0 unspecified atom stereocenters. The summed E-state index contributed by atoms with van der Waals surface area (Å²) in [7, 11) is 0. The van der Waals surface area contributed by atoms with Gasteiger partial charge in [0, 0.05) is 11.6 Å². The molecule has 5 heteroatoms. The van der Waals surface area contributed by atoms with E-state index in [1.807, 2.05) is 19.1 Å². The first-order valence-electron chi connectivity index (χ1n) is 5.56. The number of ether oxygens (including phenoxy) is 1. The standard InChI is InChI=1S/C13H13Cl2NO2/c1-2-17-13-6-10(14)9(5-11(13)15)12-4-3-8(7-16)18-12/h3-6H,2,7,16H2,1H3. The molecule has 0 saturated heterocycles. The monoisotopic (exact) mass is 285 g/mol. The predicted octanol–water partition coefficient (Wildman–Crippen LogP) is 4.11. The van der Waals surface area contributed by atoms with E-state index >= 15 is 0 Å². The molecule has 1 heterocycles. The SMILES string of the molecule is CCOc1cc(Cl)c(-c2ccc(CN)o2)cc1Cl. The first-order chi connectivity index (χ1) is 8.65. The van der Waals surface area contributed by atoms with E-state index in [9.17, 15) is 0 Å². The highest BCUT2D eigenvalue weighted by Crippen LogP contribution is 2.37. The molecule has 2 rings (SSSR count). The molecule has 0 aliphatic carbocycles. The van der Waals surface area contributed by atoms with Crippen LogP contribution in [0, 0.1) is 0 Å². The second-order valence-electron chi connectivity index (χ2n) is 3.67. The summed E-state index contributed by atoms with van der Waals surface area (Å²) < 4.78 is 10.9. The summed E-state index contributed by atoms with van der Waals surface area (Å²) >= 11 is 12.3. The summed E-state index contributed by atoms with van der Waals surface area (Å²) in [5.74, 6) is 1.91. The minimum absolute atomic E-state index is 0.350. The molecule has 0 aliphatic heterocycles. The number of hydrogen-bond donors (Lipinski definition) is 1. The highest BCUT2D eigenvalue weighted by atomic mass is 35.5. The van der Waals surface area contributed by atoms with Gasteiger partial charge in [0.05, 0.1) is 23.2 Å². The van der Waals surface area contributed by atoms with Gasteiger partial charge in [0.1, 0.15) is 17.3 Å². The second kappa shape index (κ2) is 5.65. The van der Waals surface area contributed by atoms with Gasteiger partial charge >= 0.3 is 0 Å². The number of rotatable bonds is 4. The van der Waals surface area contributed by atoms with Crippen LogP contribution in [0.1, 0.15) is 12.7 Å². The number of hydrogen-bond acceptors (Lipinski definition) is 3. The van der Waals surface area contributed by atoms with Gasteiger partial charge in [-0.25, -0.2) is 0 Å². The number of halogens is 2. The van der Waals surface area contributed by atoms with Crippen LogP contribution in [0.3, 0.4) is 0 Å². The lowest BCUT2D eigenvalue weighted by Crippen LogP contribution is -1.93. The van der Waals surface area contributed by atoms with Gasteiger partial charge in [-0.3, -0.25) is 0 Å². The molecule has 2 N–H and O–H groups in total. The van der Waals surface area contributed by atoms with Crippen LogP contribution >= 0.6 is 23.2 Å². The molecule has 0 amide bonds. The molecule has 18 heavy (non-hydrogen) atoms. The van der Waals surface area contributed by atoms with Crippen molar-refractivity contribution in [3.63, 3.8) is 0 Å². The number of nitrogens with two attached hydrogens (primary N) is 1. The minimum Gasteiger partial charge on any atom is -0.492 e. The minimum atomic E-state index is 0.350. The van der Waals surface area contributed by atoms with Crippen LogP contribution in [-0.2, 0) is 6.54 Å². The van der Waals surface area contributed by atoms with E-state index in [2.05, 4.69) is 0 Å². The fourth-order valence-corrected chi connectivity index (χ4v) is 2.08. The molecular formula is C13H13Cl2NO2. The zero-order chi connectivity index (χ0) is 13.1. The molecule has 3 nitrogen and oxygen atoms in total. The van der Waals surface area contributed by atoms with Gasteiger partial charge in [0.25, 0.3) is 0 Å². The molecule has 0 saturated carbocycles. The Hall–Kier alpha value is -1.16. The lowest BCUT2D eigenvalue weighted by atomic mass is 10.1. The normalized spacial score (nSPS) is 10.7. The van der Waals surface area contributed by atoms with Crippen molar-refractivity contribution >= 4 is 23.2 Å². The van der Waals surface area contributed by atoms with Gasteiger partial charge in [0.15, 0.2) is 0 Å². The molecular weight excluding hydrogens is 273 g/mol. The van der Waals surface area contributed by atoms with E-state index in [-0.39, 0.29) is 0 Å².